The Morgan fingerprint density at radius 2 is 2.24 bits per heavy atom. The third kappa shape index (κ3) is 2.68. The van der Waals surface area contributed by atoms with Crippen LogP contribution < -0.4 is 0 Å². The van der Waals surface area contributed by atoms with E-state index in [1.165, 1.54) is 23.9 Å². The van der Waals surface area contributed by atoms with E-state index in [1.807, 2.05) is 17.8 Å². The summed E-state index contributed by atoms with van der Waals surface area (Å²) in [5, 5.41) is 10.4. The number of aromatic nitrogens is 2. The highest BCUT2D eigenvalue weighted by Crippen LogP contribution is 2.32. The highest BCUT2D eigenvalue weighted by atomic mass is 32.2. The molecule has 0 saturated heterocycles. The van der Waals surface area contributed by atoms with Crippen molar-refractivity contribution in [2.45, 2.75) is 23.1 Å². The van der Waals surface area contributed by atoms with Gasteiger partial charge in [-0.25, -0.2) is 9.37 Å². The molecule has 5 heteroatoms. The summed E-state index contributed by atoms with van der Waals surface area (Å²) in [6.45, 7) is 1.62. The number of halogens is 1. The minimum atomic E-state index is -0.700. The zero-order valence-electron chi connectivity index (χ0n) is 9.59. The van der Waals surface area contributed by atoms with Gasteiger partial charge in [-0.2, -0.15) is 0 Å². The molecule has 0 fully saturated rings. The Bertz CT molecular complexity index is 525. The average Bonchev–Trinajstić information content (AvgIpc) is 2.67. The predicted molar refractivity (Wildman–Crippen MR) is 64.4 cm³/mol. The van der Waals surface area contributed by atoms with E-state index >= 15 is 0 Å². The average molecular weight is 252 g/mol. The quantitative estimate of drug-likeness (QED) is 0.912. The molecule has 90 valence electrons. The van der Waals surface area contributed by atoms with Crippen LogP contribution in [0.25, 0.3) is 0 Å². The number of benzene rings is 1. The van der Waals surface area contributed by atoms with Crippen LogP contribution >= 0.6 is 11.8 Å². The first kappa shape index (κ1) is 12.1. The first-order chi connectivity index (χ1) is 8.08. The molecule has 0 radical (unpaired) electrons. The van der Waals surface area contributed by atoms with Gasteiger partial charge in [0, 0.05) is 24.3 Å². The number of hydrogen-bond donors (Lipinski definition) is 1. The van der Waals surface area contributed by atoms with Gasteiger partial charge in [0.25, 0.3) is 0 Å². The van der Waals surface area contributed by atoms with Crippen molar-refractivity contribution in [3.8, 4) is 0 Å². The van der Waals surface area contributed by atoms with E-state index in [0.717, 1.165) is 10.1 Å². The lowest BCUT2D eigenvalue weighted by atomic mass is 10.1. The molecule has 1 aromatic carbocycles. The summed E-state index contributed by atoms with van der Waals surface area (Å²) in [6, 6.07) is 4.41. The van der Waals surface area contributed by atoms with Gasteiger partial charge in [-0.3, -0.25) is 0 Å². The van der Waals surface area contributed by atoms with Gasteiger partial charge in [0.15, 0.2) is 5.16 Å². The lowest BCUT2D eigenvalue weighted by Crippen LogP contribution is -1.96. The van der Waals surface area contributed by atoms with Gasteiger partial charge in [-0.15, -0.1) is 0 Å². The van der Waals surface area contributed by atoms with Gasteiger partial charge in [-0.05, 0) is 30.7 Å². The van der Waals surface area contributed by atoms with Crippen molar-refractivity contribution < 1.29 is 9.50 Å². The minimum Gasteiger partial charge on any atom is -0.389 e. The summed E-state index contributed by atoms with van der Waals surface area (Å²) in [5.74, 6) is -0.343. The van der Waals surface area contributed by atoms with Crippen LogP contribution in [0, 0.1) is 5.82 Å². The van der Waals surface area contributed by atoms with E-state index in [0.29, 0.717) is 5.56 Å². The molecule has 0 aliphatic heterocycles. The maximum Gasteiger partial charge on any atom is 0.172 e. The monoisotopic (exact) mass is 252 g/mol. The van der Waals surface area contributed by atoms with E-state index in [4.69, 9.17) is 0 Å². The molecule has 0 saturated carbocycles. The second-order valence-corrected chi connectivity index (χ2v) is 4.79. The van der Waals surface area contributed by atoms with Crippen molar-refractivity contribution in [3.05, 3.63) is 42.0 Å². The predicted octanol–water partition coefficient (Wildman–Crippen LogP) is 2.76. The Morgan fingerprint density at radius 1 is 1.47 bits per heavy atom. The molecule has 1 atom stereocenters. The van der Waals surface area contributed by atoms with E-state index in [1.54, 1.807) is 19.2 Å². The van der Waals surface area contributed by atoms with Crippen molar-refractivity contribution in [1.29, 1.82) is 0 Å². The summed E-state index contributed by atoms with van der Waals surface area (Å²) in [5.41, 5.74) is 0.581. The second-order valence-electron chi connectivity index (χ2n) is 3.78. The summed E-state index contributed by atoms with van der Waals surface area (Å²) >= 11 is 1.41. The fraction of sp³-hybridized carbons (Fsp3) is 0.250. The first-order valence-electron chi connectivity index (χ1n) is 5.20. The number of nitrogens with zero attached hydrogens (tertiary/aromatic N) is 2. The first-order valence-corrected chi connectivity index (χ1v) is 6.02. The number of imidazole rings is 1. The van der Waals surface area contributed by atoms with E-state index in [2.05, 4.69) is 4.98 Å². The molecule has 0 amide bonds. The largest absolute Gasteiger partial charge is 0.389 e. The maximum absolute atomic E-state index is 13.1. The minimum absolute atomic E-state index is 0.343. The van der Waals surface area contributed by atoms with Crippen molar-refractivity contribution in [1.82, 2.24) is 9.55 Å². The van der Waals surface area contributed by atoms with Gasteiger partial charge >= 0.3 is 0 Å². The Kier molecular flexibility index (Phi) is 3.49. The van der Waals surface area contributed by atoms with Crippen molar-refractivity contribution in [2.75, 3.05) is 0 Å². The number of hydrogen-bond acceptors (Lipinski definition) is 3. The number of rotatable bonds is 3. The second kappa shape index (κ2) is 4.89. The zero-order valence-corrected chi connectivity index (χ0v) is 10.4. The fourth-order valence-corrected chi connectivity index (χ4v) is 2.49. The third-order valence-corrected chi connectivity index (χ3v) is 3.57. The number of aliphatic hydroxyl groups is 1. The lowest BCUT2D eigenvalue weighted by molar-refractivity contribution is 0.196. The molecular formula is C12H13FN2OS. The lowest BCUT2D eigenvalue weighted by Gasteiger charge is -2.11. The van der Waals surface area contributed by atoms with Gasteiger partial charge in [0.2, 0.25) is 0 Å². The normalized spacial score (nSPS) is 12.7. The Balaban J connectivity index is 2.36. The molecule has 1 heterocycles. The summed E-state index contributed by atoms with van der Waals surface area (Å²) < 4.78 is 15.0. The molecule has 2 aromatic rings. The van der Waals surface area contributed by atoms with Gasteiger partial charge in [0.05, 0.1) is 6.10 Å². The van der Waals surface area contributed by atoms with Crippen molar-refractivity contribution in [3.63, 3.8) is 0 Å². The standard InChI is InChI=1S/C12H13FN2OS/c1-8(16)10-7-9(13)3-4-11(10)17-12-14-5-6-15(12)2/h3-8,16H,1-2H3/t8-/m1/s1. The van der Waals surface area contributed by atoms with Crippen molar-refractivity contribution >= 4 is 11.8 Å². The van der Waals surface area contributed by atoms with Crippen LogP contribution in [0.4, 0.5) is 4.39 Å². The summed E-state index contributed by atoms with van der Waals surface area (Å²) in [6.07, 6.45) is 2.84. The van der Waals surface area contributed by atoms with E-state index in [9.17, 15) is 9.50 Å². The molecule has 0 spiro atoms. The van der Waals surface area contributed by atoms with E-state index < -0.39 is 6.10 Å². The number of aryl methyl sites for hydroxylation is 1. The Labute approximate surface area is 103 Å². The zero-order chi connectivity index (χ0) is 12.4. The Hall–Kier alpha value is -1.33. The number of aliphatic hydroxyl groups excluding tert-OH is 1. The van der Waals surface area contributed by atoms with Gasteiger partial charge < -0.3 is 9.67 Å². The van der Waals surface area contributed by atoms with E-state index in [-0.39, 0.29) is 5.82 Å². The third-order valence-electron chi connectivity index (χ3n) is 2.40. The van der Waals surface area contributed by atoms with Crippen LogP contribution in [0.1, 0.15) is 18.6 Å². The molecule has 1 aromatic heterocycles. The Morgan fingerprint density at radius 3 is 2.82 bits per heavy atom. The molecule has 3 nitrogen and oxygen atoms in total. The van der Waals surface area contributed by atoms with Gasteiger partial charge in [-0.1, -0.05) is 11.8 Å². The highest BCUT2D eigenvalue weighted by molar-refractivity contribution is 7.99. The topological polar surface area (TPSA) is 38.1 Å². The molecule has 0 bridgehead atoms. The van der Waals surface area contributed by atoms with Crippen LogP contribution in [0.2, 0.25) is 0 Å². The molecule has 17 heavy (non-hydrogen) atoms. The highest BCUT2D eigenvalue weighted by Gasteiger charge is 2.12. The molecule has 0 aliphatic carbocycles. The summed E-state index contributed by atoms with van der Waals surface area (Å²) in [4.78, 5) is 5.00. The smallest absolute Gasteiger partial charge is 0.172 e. The molecule has 2 rings (SSSR count). The van der Waals surface area contributed by atoms with Crippen molar-refractivity contribution in [2.24, 2.45) is 7.05 Å². The maximum atomic E-state index is 13.1. The molecule has 1 N–H and O–H groups in total. The van der Waals surface area contributed by atoms with Crippen LogP contribution in [0.5, 0.6) is 0 Å². The molecule has 0 aliphatic rings. The van der Waals surface area contributed by atoms with Gasteiger partial charge in [0.1, 0.15) is 5.82 Å². The van der Waals surface area contributed by atoms with Crippen LogP contribution in [0.3, 0.4) is 0 Å². The molecular weight excluding hydrogens is 239 g/mol. The van der Waals surface area contributed by atoms with Crippen LogP contribution in [-0.2, 0) is 7.05 Å². The summed E-state index contributed by atoms with van der Waals surface area (Å²) in [7, 11) is 1.89. The molecule has 0 unspecified atom stereocenters. The SMILES string of the molecule is C[C@@H](O)c1cc(F)ccc1Sc1nccn1C. The van der Waals surface area contributed by atoms with Crippen LogP contribution in [0.15, 0.2) is 40.6 Å². The van der Waals surface area contributed by atoms with Crippen LogP contribution in [-0.4, -0.2) is 14.7 Å². The fourth-order valence-electron chi connectivity index (χ4n) is 1.49.